The van der Waals surface area contributed by atoms with Gasteiger partial charge in [0.05, 0.1) is 6.10 Å². The summed E-state index contributed by atoms with van der Waals surface area (Å²) in [4.78, 5) is 21.0. The molecule has 0 atom stereocenters. The van der Waals surface area contributed by atoms with Crippen LogP contribution < -0.4 is 0 Å². The van der Waals surface area contributed by atoms with Gasteiger partial charge in [0.25, 0.3) is 0 Å². The van der Waals surface area contributed by atoms with E-state index in [2.05, 4.69) is 16.6 Å². The second-order valence-electron chi connectivity index (χ2n) is 2.54. The van der Waals surface area contributed by atoms with Crippen LogP contribution >= 0.6 is 0 Å². The number of hydrogen-bond donors (Lipinski definition) is 0. The quantitative estimate of drug-likeness (QED) is 0.356. The second-order valence-corrected chi connectivity index (χ2v) is 2.54. The molecule has 0 spiro atoms. The second kappa shape index (κ2) is 6.06. The van der Waals surface area contributed by atoms with Crippen molar-refractivity contribution in [1.29, 1.82) is 0 Å². The molecule has 0 aliphatic carbocycles. The highest BCUT2D eigenvalue weighted by atomic mass is 16.5. The molecule has 4 heteroatoms. The van der Waals surface area contributed by atoms with Gasteiger partial charge in [-0.25, -0.2) is 4.79 Å². The minimum absolute atomic E-state index is 0.0808. The van der Waals surface area contributed by atoms with Gasteiger partial charge in [-0.1, -0.05) is 0 Å². The first kappa shape index (κ1) is 11.5. The molecule has 0 amide bonds. The van der Waals surface area contributed by atoms with E-state index < -0.39 is 11.9 Å². The average Bonchev–Trinajstić information content (AvgIpc) is 1.96. The predicted octanol–water partition coefficient (Wildman–Crippen LogP) is 0.504. The number of carbonyl (C=O) groups excluding carboxylic acids is 2. The summed E-state index contributed by atoms with van der Waals surface area (Å²) in [6.45, 7) is 4.65. The van der Waals surface area contributed by atoms with Gasteiger partial charge in [-0.15, -0.1) is 0 Å². The number of esters is 2. The number of carbonyl (C=O) groups is 2. The summed E-state index contributed by atoms with van der Waals surface area (Å²) in [6.07, 6.45) is -0.185. The molecule has 0 aliphatic rings. The molecule has 0 heterocycles. The Balaban J connectivity index is 3.70. The van der Waals surface area contributed by atoms with Gasteiger partial charge in [0.15, 0.2) is 6.61 Å². The maximum atomic E-state index is 10.8. The summed E-state index contributed by atoms with van der Waals surface area (Å²) in [5, 5.41) is 0. The molecule has 0 aromatic rings. The minimum atomic E-state index is -0.609. The Kier molecular flexibility index (Phi) is 5.37. The average molecular weight is 184 g/mol. The predicted molar refractivity (Wildman–Crippen MR) is 45.6 cm³/mol. The highest BCUT2D eigenvalue weighted by Crippen LogP contribution is 1.86. The molecule has 0 aromatic carbocycles. The summed E-state index contributed by atoms with van der Waals surface area (Å²) in [5.74, 6) is 3.50. The van der Waals surface area contributed by atoms with Gasteiger partial charge in [0.1, 0.15) is 0 Å². The Morgan fingerprint density at radius 3 is 2.46 bits per heavy atom. The van der Waals surface area contributed by atoms with Crippen LogP contribution in [0, 0.1) is 11.8 Å². The van der Waals surface area contributed by atoms with Crippen LogP contribution in [-0.4, -0.2) is 24.6 Å². The SMILES string of the molecule is CC(=O)OCC#CC(=O)OC(C)C. The fourth-order valence-corrected chi connectivity index (χ4v) is 0.490. The smallest absolute Gasteiger partial charge is 0.384 e. The largest absolute Gasteiger partial charge is 0.453 e. The fourth-order valence-electron chi connectivity index (χ4n) is 0.490. The lowest BCUT2D eigenvalue weighted by Gasteiger charge is -2.01. The van der Waals surface area contributed by atoms with Crippen LogP contribution in [-0.2, 0) is 19.1 Å². The van der Waals surface area contributed by atoms with Crippen molar-refractivity contribution in [3.8, 4) is 11.8 Å². The van der Waals surface area contributed by atoms with Crippen LogP contribution in [0.15, 0.2) is 0 Å². The first-order chi connectivity index (χ1) is 6.02. The van der Waals surface area contributed by atoms with E-state index in [1.54, 1.807) is 13.8 Å². The molecule has 0 saturated carbocycles. The third-order valence-corrected chi connectivity index (χ3v) is 0.881. The van der Waals surface area contributed by atoms with Crippen molar-refractivity contribution in [3.05, 3.63) is 0 Å². The van der Waals surface area contributed by atoms with E-state index in [0.29, 0.717) is 0 Å². The third kappa shape index (κ3) is 8.41. The van der Waals surface area contributed by atoms with Crippen LogP contribution in [0.2, 0.25) is 0 Å². The van der Waals surface area contributed by atoms with Gasteiger partial charge in [-0.05, 0) is 19.8 Å². The van der Waals surface area contributed by atoms with E-state index in [1.807, 2.05) is 0 Å². The zero-order chi connectivity index (χ0) is 10.3. The van der Waals surface area contributed by atoms with Gasteiger partial charge in [-0.3, -0.25) is 4.79 Å². The Morgan fingerprint density at radius 1 is 1.38 bits per heavy atom. The molecule has 0 radical (unpaired) electrons. The zero-order valence-electron chi connectivity index (χ0n) is 7.92. The van der Waals surface area contributed by atoms with Crippen molar-refractivity contribution in [1.82, 2.24) is 0 Å². The molecular weight excluding hydrogens is 172 g/mol. The van der Waals surface area contributed by atoms with E-state index >= 15 is 0 Å². The van der Waals surface area contributed by atoms with E-state index in [0.717, 1.165) is 0 Å². The van der Waals surface area contributed by atoms with E-state index in [4.69, 9.17) is 4.74 Å². The number of ether oxygens (including phenoxy) is 2. The minimum Gasteiger partial charge on any atom is -0.453 e. The summed E-state index contributed by atoms with van der Waals surface area (Å²) in [5.41, 5.74) is 0. The molecule has 0 aromatic heterocycles. The highest BCUT2D eigenvalue weighted by molar-refractivity contribution is 5.88. The van der Waals surface area contributed by atoms with Crippen molar-refractivity contribution < 1.29 is 19.1 Å². The number of rotatable bonds is 2. The van der Waals surface area contributed by atoms with Gasteiger partial charge >= 0.3 is 11.9 Å². The van der Waals surface area contributed by atoms with Crippen LogP contribution in [0.4, 0.5) is 0 Å². The van der Waals surface area contributed by atoms with Crippen molar-refractivity contribution in [2.45, 2.75) is 26.9 Å². The van der Waals surface area contributed by atoms with E-state index in [1.165, 1.54) is 6.92 Å². The van der Waals surface area contributed by atoms with Crippen molar-refractivity contribution in [2.24, 2.45) is 0 Å². The van der Waals surface area contributed by atoms with Crippen molar-refractivity contribution in [2.75, 3.05) is 6.61 Å². The van der Waals surface area contributed by atoms with E-state index in [-0.39, 0.29) is 12.7 Å². The molecule has 0 N–H and O–H groups in total. The van der Waals surface area contributed by atoms with Gasteiger partial charge in [-0.2, -0.15) is 0 Å². The summed E-state index contributed by atoms with van der Waals surface area (Å²) >= 11 is 0. The standard InChI is InChI=1S/C9H12O4/c1-7(2)13-9(11)5-4-6-12-8(3)10/h7H,6H2,1-3H3. The summed E-state index contributed by atoms with van der Waals surface area (Å²) in [6, 6.07) is 0. The van der Waals surface area contributed by atoms with Crippen LogP contribution in [0.5, 0.6) is 0 Å². The van der Waals surface area contributed by atoms with E-state index in [9.17, 15) is 9.59 Å². The lowest BCUT2D eigenvalue weighted by Crippen LogP contribution is -2.09. The van der Waals surface area contributed by atoms with Crippen LogP contribution in [0.25, 0.3) is 0 Å². The topological polar surface area (TPSA) is 52.6 Å². The van der Waals surface area contributed by atoms with Gasteiger partial charge < -0.3 is 9.47 Å². The number of hydrogen-bond acceptors (Lipinski definition) is 4. The lowest BCUT2D eigenvalue weighted by molar-refractivity contribution is -0.141. The first-order valence-electron chi connectivity index (χ1n) is 3.85. The summed E-state index contributed by atoms with van der Waals surface area (Å²) < 4.78 is 9.18. The molecule has 0 saturated heterocycles. The Morgan fingerprint density at radius 2 is 2.00 bits per heavy atom. The van der Waals surface area contributed by atoms with Gasteiger partial charge in [0, 0.05) is 12.8 Å². The fraction of sp³-hybridized carbons (Fsp3) is 0.556. The molecule has 0 aliphatic heterocycles. The van der Waals surface area contributed by atoms with Crippen LogP contribution in [0.1, 0.15) is 20.8 Å². The van der Waals surface area contributed by atoms with Crippen LogP contribution in [0.3, 0.4) is 0 Å². The Bertz CT molecular complexity index is 244. The molecule has 0 rings (SSSR count). The van der Waals surface area contributed by atoms with Crippen molar-refractivity contribution in [3.63, 3.8) is 0 Å². The maximum absolute atomic E-state index is 10.8. The first-order valence-corrected chi connectivity index (χ1v) is 3.85. The van der Waals surface area contributed by atoms with Crippen molar-refractivity contribution >= 4 is 11.9 Å². The lowest BCUT2D eigenvalue weighted by atomic mass is 10.5. The molecule has 0 unspecified atom stereocenters. The maximum Gasteiger partial charge on any atom is 0.384 e. The molecule has 72 valence electrons. The normalized spacial score (nSPS) is 8.62. The molecular formula is C9H12O4. The molecule has 0 bridgehead atoms. The third-order valence-electron chi connectivity index (χ3n) is 0.881. The Hall–Kier alpha value is -1.50. The monoisotopic (exact) mass is 184 g/mol. The molecule has 13 heavy (non-hydrogen) atoms. The molecule has 4 nitrogen and oxygen atoms in total. The van der Waals surface area contributed by atoms with Gasteiger partial charge in [0.2, 0.25) is 0 Å². The highest BCUT2D eigenvalue weighted by Gasteiger charge is 1.99. The Labute approximate surface area is 77.2 Å². The summed E-state index contributed by atoms with van der Waals surface area (Å²) in [7, 11) is 0. The zero-order valence-corrected chi connectivity index (χ0v) is 7.92. The molecule has 0 fully saturated rings.